The van der Waals surface area contributed by atoms with Gasteiger partial charge in [-0.2, -0.15) is 0 Å². The molecule has 2 saturated heterocycles. The number of carbonyl (C=O) groups excluding carboxylic acids is 1. The van der Waals surface area contributed by atoms with Gasteiger partial charge in [0.1, 0.15) is 0 Å². The predicted molar refractivity (Wildman–Crippen MR) is 78.5 cm³/mol. The molecular weight excluding hydrogens is 290 g/mol. The Labute approximate surface area is 130 Å². The minimum absolute atomic E-state index is 0.207. The lowest BCUT2D eigenvalue weighted by atomic mass is 9.65. The summed E-state index contributed by atoms with van der Waals surface area (Å²) in [7, 11) is 1.27. The number of ether oxygens (including phenoxy) is 1. The van der Waals surface area contributed by atoms with Crippen molar-refractivity contribution >= 4 is 5.91 Å². The van der Waals surface area contributed by atoms with Crippen molar-refractivity contribution in [2.45, 2.75) is 75.0 Å². The van der Waals surface area contributed by atoms with E-state index in [1.165, 1.54) is 26.4 Å². The number of nitrogens with one attached hydrogen (secondary N) is 1. The van der Waals surface area contributed by atoms with Crippen molar-refractivity contribution in [2.75, 3.05) is 7.11 Å². The second-order valence-electron chi connectivity index (χ2n) is 7.24. The first kappa shape index (κ1) is 16.1. The van der Waals surface area contributed by atoms with E-state index in [1.54, 1.807) is 0 Å². The van der Waals surface area contributed by atoms with E-state index in [0.29, 0.717) is 18.8 Å². The third-order valence-corrected chi connectivity index (χ3v) is 6.42. The number of methoxy groups -OCH3 is 1. The summed E-state index contributed by atoms with van der Waals surface area (Å²) in [6, 6.07) is -0.495. The molecule has 126 valence electrons. The maximum absolute atomic E-state index is 13.8. The minimum Gasteiger partial charge on any atom is -0.370 e. The maximum atomic E-state index is 13.8. The van der Waals surface area contributed by atoms with Gasteiger partial charge in [-0.1, -0.05) is 19.3 Å². The van der Waals surface area contributed by atoms with Crippen molar-refractivity contribution < 1.29 is 18.3 Å². The number of nitrogens with two attached hydrogens (primary N) is 1. The number of piperidine rings is 1. The highest BCUT2D eigenvalue weighted by molar-refractivity contribution is 5.79. The van der Waals surface area contributed by atoms with Crippen molar-refractivity contribution in [3.63, 3.8) is 0 Å². The van der Waals surface area contributed by atoms with E-state index >= 15 is 0 Å². The molecule has 4 atom stereocenters. The van der Waals surface area contributed by atoms with E-state index in [1.807, 2.05) is 0 Å². The zero-order chi connectivity index (χ0) is 16.0. The first-order valence-electron chi connectivity index (χ1n) is 8.36. The van der Waals surface area contributed by atoms with Gasteiger partial charge in [0.05, 0.1) is 5.92 Å². The summed E-state index contributed by atoms with van der Waals surface area (Å²) in [6.07, 6.45) is 4.95. The number of primary amides is 1. The molecule has 1 aliphatic carbocycles. The number of halogens is 2. The molecule has 0 aromatic carbocycles. The van der Waals surface area contributed by atoms with E-state index in [9.17, 15) is 13.6 Å². The summed E-state index contributed by atoms with van der Waals surface area (Å²) in [5.41, 5.74) is 3.53. The average molecular weight is 316 g/mol. The summed E-state index contributed by atoms with van der Waals surface area (Å²) < 4.78 is 32.9. The molecule has 2 aliphatic heterocycles. The van der Waals surface area contributed by atoms with Crippen LogP contribution in [0.15, 0.2) is 0 Å². The van der Waals surface area contributed by atoms with E-state index in [4.69, 9.17) is 10.5 Å². The molecule has 0 aromatic rings. The molecule has 2 heterocycles. The number of amides is 1. The molecular formula is C16H26F2N2O2. The molecule has 6 heteroatoms. The molecule has 4 unspecified atom stereocenters. The van der Waals surface area contributed by atoms with Crippen LogP contribution in [0.5, 0.6) is 0 Å². The summed E-state index contributed by atoms with van der Waals surface area (Å²) in [6.45, 7) is 0. The Bertz CT molecular complexity index is 442. The first-order chi connectivity index (χ1) is 10.5. The van der Waals surface area contributed by atoms with Crippen LogP contribution in [-0.2, 0) is 9.53 Å². The second-order valence-corrected chi connectivity index (χ2v) is 7.24. The highest BCUT2D eigenvalue weighted by Gasteiger charge is 2.66. The van der Waals surface area contributed by atoms with Gasteiger partial charge in [-0.3, -0.25) is 4.79 Å². The minimum atomic E-state index is -2.73. The summed E-state index contributed by atoms with van der Waals surface area (Å²) in [4.78, 5) is 12.0. The van der Waals surface area contributed by atoms with Gasteiger partial charge in [0.25, 0.3) is 6.43 Å². The summed E-state index contributed by atoms with van der Waals surface area (Å²) >= 11 is 0. The number of rotatable bonds is 4. The van der Waals surface area contributed by atoms with Crippen LogP contribution >= 0.6 is 0 Å². The lowest BCUT2D eigenvalue weighted by molar-refractivity contribution is -0.194. The molecule has 22 heavy (non-hydrogen) atoms. The van der Waals surface area contributed by atoms with Crippen molar-refractivity contribution in [1.29, 1.82) is 0 Å². The van der Waals surface area contributed by atoms with Gasteiger partial charge < -0.3 is 15.8 Å². The third-order valence-electron chi connectivity index (χ3n) is 6.42. The smallest absolute Gasteiger partial charge is 0.269 e. The van der Waals surface area contributed by atoms with Crippen LogP contribution < -0.4 is 11.1 Å². The fourth-order valence-electron chi connectivity index (χ4n) is 5.30. The number of hydrogen-bond acceptors (Lipinski definition) is 3. The summed E-state index contributed by atoms with van der Waals surface area (Å²) in [5, 5.41) is 3.47. The van der Waals surface area contributed by atoms with Crippen LogP contribution in [0.4, 0.5) is 8.78 Å². The molecule has 0 spiro atoms. The van der Waals surface area contributed by atoms with Crippen molar-refractivity contribution in [3.05, 3.63) is 0 Å². The standard InChI is InChI=1S/C16H26F2N2O2/c1-22-16(14(17)18)11(13(19)21)9-15(8-7-12(16)20-15)10-5-3-2-4-6-10/h10-12,14,20H,2-9H2,1H3,(H2,19,21). The summed E-state index contributed by atoms with van der Waals surface area (Å²) in [5.74, 6) is -1.12. The highest BCUT2D eigenvalue weighted by Crippen LogP contribution is 2.53. The lowest BCUT2D eigenvalue weighted by Gasteiger charge is -2.52. The molecule has 3 aliphatic rings. The van der Waals surface area contributed by atoms with E-state index in [-0.39, 0.29) is 5.54 Å². The zero-order valence-electron chi connectivity index (χ0n) is 13.1. The molecule has 3 rings (SSSR count). The molecule has 0 radical (unpaired) electrons. The Morgan fingerprint density at radius 2 is 1.95 bits per heavy atom. The Hall–Kier alpha value is -0.750. The van der Waals surface area contributed by atoms with Gasteiger partial charge in [0, 0.05) is 18.7 Å². The number of fused-ring (bicyclic) bond motifs is 2. The van der Waals surface area contributed by atoms with Gasteiger partial charge in [-0.25, -0.2) is 8.78 Å². The Kier molecular flexibility index (Phi) is 4.18. The Morgan fingerprint density at radius 3 is 2.50 bits per heavy atom. The van der Waals surface area contributed by atoms with Crippen molar-refractivity contribution in [3.8, 4) is 0 Å². The molecule has 4 nitrogen and oxygen atoms in total. The van der Waals surface area contributed by atoms with Gasteiger partial charge in [0.2, 0.25) is 5.91 Å². The van der Waals surface area contributed by atoms with Crippen LogP contribution in [0.2, 0.25) is 0 Å². The van der Waals surface area contributed by atoms with Gasteiger partial charge in [0.15, 0.2) is 5.60 Å². The van der Waals surface area contributed by atoms with Crippen LogP contribution in [0.1, 0.15) is 51.4 Å². The van der Waals surface area contributed by atoms with Crippen LogP contribution in [0.25, 0.3) is 0 Å². The van der Waals surface area contributed by atoms with Gasteiger partial charge in [-0.05, 0) is 38.0 Å². The largest absolute Gasteiger partial charge is 0.370 e. The fourth-order valence-corrected chi connectivity index (χ4v) is 5.30. The molecule has 2 bridgehead atoms. The number of hydrogen-bond donors (Lipinski definition) is 2. The van der Waals surface area contributed by atoms with E-state index in [0.717, 1.165) is 19.3 Å². The average Bonchev–Trinajstić information content (AvgIpc) is 2.88. The van der Waals surface area contributed by atoms with E-state index < -0.39 is 29.9 Å². The molecule has 0 aromatic heterocycles. The first-order valence-corrected chi connectivity index (χ1v) is 8.36. The Balaban J connectivity index is 1.94. The van der Waals surface area contributed by atoms with Crippen LogP contribution in [-0.4, -0.2) is 36.6 Å². The number of alkyl halides is 2. The number of carbonyl (C=O) groups is 1. The fraction of sp³-hybridized carbons (Fsp3) is 0.938. The predicted octanol–water partition coefficient (Wildman–Crippen LogP) is 2.21. The quantitative estimate of drug-likeness (QED) is 0.836. The monoisotopic (exact) mass is 316 g/mol. The topological polar surface area (TPSA) is 64.3 Å². The normalized spacial score (nSPS) is 42.7. The van der Waals surface area contributed by atoms with Crippen molar-refractivity contribution in [1.82, 2.24) is 5.32 Å². The van der Waals surface area contributed by atoms with Crippen molar-refractivity contribution in [2.24, 2.45) is 17.6 Å². The lowest BCUT2D eigenvalue weighted by Crippen LogP contribution is -2.71. The zero-order valence-corrected chi connectivity index (χ0v) is 13.1. The van der Waals surface area contributed by atoms with E-state index in [2.05, 4.69) is 5.32 Å². The molecule has 1 saturated carbocycles. The maximum Gasteiger partial charge on any atom is 0.269 e. The second kappa shape index (κ2) is 5.71. The van der Waals surface area contributed by atoms with Crippen LogP contribution in [0, 0.1) is 11.8 Å². The van der Waals surface area contributed by atoms with Gasteiger partial charge in [-0.15, -0.1) is 0 Å². The molecule has 3 N–H and O–H groups in total. The molecule has 1 amide bonds. The highest BCUT2D eigenvalue weighted by atomic mass is 19.3. The SMILES string of the molecule is COC1(C(F)F)C2CCC(C3CCCCC3)(CC1C(N)=O)N2. The molecule has 3 fully saturated rings. The third kappa shape index (κ3) is 2.18. The van der Waals surface area contributed by atoms with Crippen LogP contribution in [0.3, 0.4) is 0 Å². The Morgan fingerprint density at radius 1 is 1.27 bits per heavy atom. The van der Waals surface area contributed by atoms with Gasteiger partial charge >= 0.3 is 0 Å².